The zero-order valence-electron chi connectivity index (χ0n) is 14.7. The molecule has 1 aromatic rings. The summed E-state index contributed by atoms with van der Waals surface area (Å²) >= 11 is 0. The fourth-order valence-corrected chi connectivity index (χ4v) is 3.27. The summed E-state index contributed by atoms with van der Waals surface area (Å²) < 4.78 is 11.9. The predicted molar refractivity (Wildman–Crippen MR) is 90.7 cm³/mol. The normalized spacial score (nSPS) is 24.0. The molecule has 0 saturated carbocycles. The Kier molecular flexibility index (Phi) is 4.78. The van der Waals surface area contributed by atoms with Crippen LogP contribution in [0.2, 0.25) is 0 Å². The van der Waals surface area contributed by atoms with E-state index in [1.807, 2.05) is 39.0 Å². The van der Waals surface area contributed by atoms with E-state index in [2.05, 4.69) is 10.3 Å². The Hall–Kier alpha value is -1.66. The van der Waals surface area contributed by atoms with Crippen LogP contribution in [0.4, 0.5) is 4.79 Å². The molecular weight excluding hydrogens is 306 g/mol. The highest BCUT2D eigenvalue weighted by molar-refractivity contribution is 5.68. The maximum Gasteiger partial charge on any atom is 0.410 e. The lowest BCUT2D eigenvalue weighted by Crippen LogP contribution is -2.57. The summed E-state index contributed by atoms with van der Waals surface area (Å²) in [6, 6.07) is 5.90. The Bertz CT molecular complexity index is 563. The van der Waals surface area contributed by atoms with Gasteiger partial charge in [-0.2, -0.15) is 0 Å². The van der Waals surface area contributed by atoms with Crippen LogP contribution in [0.5, 0.6) is 0 Å². The highest BCUT2D eigenvalue weighted by Gasteiger charge is 2.42. The van der Waals surface area contributed by atoms with Crippen LogP contribution in [0.15, 0.2) is 24.4 Å². The molecule has 24 heavy (non-hydrogen) atoms. The Morgan fingerprint density at radius 3 is 2.75 bits per heavy atom. The molecule has 6 nitrogen and oxygen atoms in total. The molecule has 1 amide bonds. The summed E-state index contributed by atoms with van der Waals surface area (Å²) in [7, 11) is 0. The maximum atomic E-state index is 12.2. The van der Waals surface area contributed by atoms with E-state index in [-0.39, 0.29) is 17.8 Å². The fourth-order valence-electron chi connectivity index (χ4n) is 3.27. The summed E-state index contributed by atoms with van der Waals surface area (Å²) in [4.78, 5) is 18.4. The zero-order valence-corrected chi connectivity index (χ0v) is 14.7. The van der Waals surface area contributed by atoms with Crippen LogP contribution in [-0.2, 0) is 9.47 Å². The second-order valence-corrected chi connectivity index (χ2v) is 7.64. The molecule has 1 atom stereocenters. The molecule has 0 aliphatic carbocycles. The number of carbonyl (C=O) groups excluding carboxylic acids is 1. The maximum absolute atomic E-state index is 12.2. The van der Waals surface area contributed by atoms with Crippen LogP contribution in [0.1, 0.15) is 45.4 Å². The quantitative estimate of drug-likeness (QED) is 0.855. The van der Waals surface area contributed by atoms with Crippen molar-refractivity contribution in [3.8, 4) is 0 Å². The largest absolute Gasteiger partial charge is 0.444 e. The van der Waals surface area contributed by atoms with Crippen molar-refractivity contribution < 1.29 is 14.3 Å². The van der Waals surface area contributed by atoms with Crippen molar-refractivity contribution in [2.24, 2.45) is 0 Å². The molecule has 2 aliphatic rings. The van der Waals surface area contributed by atoms with E-state index in [9.17, 15) is 4.79 Å². The van der Waals surface area contributed by atoms with Crippen molar-refractivity contribution >= 4 is 6.09 Å². The van der Waals surface area contributed by atoms with Gasteiger partial charge in [0, 0.05) is 32.4 Å². The third-order valence-corrected chi connectivity index (χ3v) is 4.51. The Balaban J connectivity index is 1.59. The highest BCUT2D eigenvalue weighted by Crippen LogP contribution is 2.34. The number of nitrogens with one attached hydrogen (secondary N) is 1. The second kappa shape index (κ2) is 6.69. The number of pyridine rings is 1. The number of morpholine rings is 1. The number of carbonyl (C=O) groups is 1. The number of amides is 1. The molecule has 0 bridgehead atoms. The van der Waals surface area contributed by atoms with Crippen LogP contribution in [-0.4, -0.2) is 53.4 Å². The van der Waals surface area contributed by atoms with Crippen molar-refractivity contribution in [3.63, 3.8) is 0 Å². The molecule has 1 spiro atoms. The molecule has 2 saturated heterocycles. The monoisotopic (exact) mass is 333 g/mol. The average molecular weight is 333 g/mol. The second-order valence-electron chi connectivity index (χ2n) is 7.64. The Labute approximate surface area is 143 Å². The number of hydrogen-bond donors (Lipinski definition) is 1. The third kappa shape index (κ3) is 4.05. The molecule has 3 rings (SSSR count). The molecule has 2 aliphatic heterocycles. The minimum absolute atomic E-state index is 0.0342. The number of hydrogen-bond acceptors (Lipinski definition) is 5. The van der Waals surface area contributed by atoms with E-state index in [0.717, 1.165) is 31.6 Å². The van der Waals surface area contributed by atoms with E-state index in [1.54, 1.807) is 11.1 Å². The number of likely N-dealkylation sites (tertiary alicyclic amines) is 1. The first-order valence-electron chi connectivity index (χ1n) is 8.64. The first-order valence-corrected chi connectivity index (χ1v) is 8.64. The minimum atomic E-state index is -0.459. The van der Waals surface area contributed by atoms with Gasteiger partial charge in [-0.1, -0.05) is 6.07 Å². The summed E-state index contributed by atoms with van der Waals surface area (Å²) in [5.74, 6) is 0. The van der Waals surface area contributed by atoms with Crippen LogP contribution < -0.4 is 5.32 Å². The van der Waals surface area contributed by atoms with Gasteiger partial charge in [0.25, 0.3) is 0 Å². The summed E-state index contributed by atoms with van der Waals surface area (Å²) in [6.45, 7) is 8.58. The molecule has 1 unspecified atom stereocenters. The van der Waals surface area contributed by atoms with Gasteiger partial charge in [0.05, 0.1) is 11.3 Å². The molecule has 132 valence electrons. The van der Waals surface area contributed by atoms with Crippen molar-refractivity contribution in [1.29, 1.82) is 0 Å². The van der Waals surface area contributed by atoms with Crippen LogP contribution >= 0.6 is 0 Å². The molecule has 6 heteroatoms. The lowest BCUT2D eigenvalue weighted by Gasteiger charge is -2.46. The predicted octanol–water partition coefficient (Wildman–Crippen LogP) is 2.51. The molecule has 3 heterocycles. The molecule has 2 fully saturated rings. The Morgan fingerprint density at radius 1 is 1.38 bits per heavy atom. The van der Waals surface area contributed by atoms with Gasteiger partial charge in [0.15, 0.2) is 0 Å². The van der Waals surface area contributed by atoms with E-state index in [4.69, 9.17) is 9.47 Å². The molecular formula is C18H27N3O3. The standard InChI is InChI=1S/C18H27N3O3/c1-17(2,3)24-16(22)21-10-7-18(8-11-21)13-19-12-15(23-18)14-6-4-5-9-20-14/h4-6,9,15,19H,7-8,10-13H2,1-3H3. The van der Waals surface area contributed by atoms with Crippen molar-refractivity contribution in [1.82, 2.24) is 15.2 Å². The number of piperidine rings is 1. The zero-order chi connectivity index (χ0) is 17.2. The fraction of sp³-hybridized carbons (Fsp3) is 0.667. The van der Waals surface area contributed by atoms with E-state index in [1.165, 1.54) is 0 Å². The number of rotatable bonds is 1. The summed E-state index contributed by atoms with van der Waals surface area (Å²) in [5, 5.41) is 3.48. The van der Waals surface area contributed by atoms with E-state index >= 15 is 0 Å². The number of aromatic nitrogens is 1. The van der Waals surface area contributed by atoms with Gasteiger partial charge in [0.1, 0.15) is 11.7 Å². The van der Waals surface area contributed by atoms with E-state index < -0.39 is 5.60 Å². The van der Waals surface area contributed by atoms with Crippen molar-refractivity contribution in [2.45, 2.75) is 50.9 Å². The summed E-state index contributed by atoms with van der Waals surface area (Å²) in [5.41, 5.74) is 0.275. The van der Waals surface area contributed by atoms with Crippen LogP contribution in [0, 0.1) is 0 Å². The molecule has 0 aromatic carbocycles. The first kappa shape index (κ1) is 17.2. The third-order valence-electron chi connectivity index (χ3n) is 4.51. The lowest BCUT2D eigenvalue weighted by atomic mass is 9.89. The molecule has 1 N–H and O–H groups in total. The highest BCUT2D eigenvalue weighted by atomic mass is 16.6. The lowest BCUT2D eigenvalue weighted by molar-refractivity contribution is -0.144. The summed E-state index contributed by atoms with van der Waals surface area (Å²) in [6.07, 6.45) is 3.14. The average Bonchev–Trinajstić information content (AvgIpc) is 2.55. The van der Waals surface area contributed by atoms with Gasteiger partial charge in [0.2, 0.25) is 0 Å². The van der Waals surface area contributed by atoms with E-state index in [0.29, 0.717) is 13.1 Å². The van der Waals surface area contributed by atoms with Gasteiger partial charge >= 0.3 is 6.09 Å². The van der Waals surface area contributed by atoms with Crippen LogP contribution in [0.3, 0.4) is 0 Å². The van der Waals surface area contributed by atoms with Crippen molar-refractivity contribution in [3.05, 3.63) is 30.1 Å². The van der Waals surface area contributed by atoms with Crippen LogP contribution in [0.25, 0.3) is 0 Å². The first-order chi connectivity index (χ1) is 11.4. The number of nitrogens with zero attached hydrogens (tertiary/aromatic N) is 2. The minimum Gasteiger partial charge on any atom is -0.444 e. The van der Waals surface area contributed by atoms with Crippen molar-refractivity contribution in [2.75, 3.05) is 26.2 Å². The van der Waals surface area contributed by atoms with Gasteiger partial charge in [-0.15, -0.1) is 0 Å². The SMILES string of the molecule is CC(C)(C)OC(=O)N1CCC2(CC1)CNCC(c1ccccn1)O2. The van der Waals surface area contributed by atoms with Gasteiger partial charge in [-0.25, -0.2) is 4.79 Å². The van der Waals surface area contributed by atoms with Gasteiger partial charge in [-0.05, 0) is 45.7 Å². The Morgan fingerprint density at radius 2 is 2.12 bits per heavy atom. The molecule has 0 radical (unpaired) electrons. The van der Waals surface area contributed by atoms with Gasteiger partial charge < -0.3 is 19.7 Å². The topological polar surface area (TPSA) is 63.7 Å². The molecule has 1 aromatic heterocycles. The smallest absolute Gasteiger partial charge is 0.410 e. The number of ether oxygens (including phenoxy) is 2. The van der Waals surface area contributed by atoms with Gasteiger partial charge in [-0.3, -0.25) is 4.98 Å².